The Morgan fingerprint density at radius 2 is 1.83 bits per heavy atom. The van der Waals surface area contributed by atoms with E-state index in [2.05, 4.69) is 10.3 Å². The predicted octanol–water partition coefficient (Wildman–Crippen LogP) is 5.23. The number of aromatic nitrogens is 1. The minimum atomic E-state index is -0.424. The van der Waals surface area contributed by atoms with E-state index in [9.17, 15) is 14.9 Å². The molecule has 1 atom stereocenters. The van der Waals surface area contributed by atoms with Crippen LogP contribution in [0.15, 0.2) is 54.7 Å². The molecule has 0 fully saturated rings. The molecule has 1 aromatic heterocycles. The monoisotopic (exact) mass is 405 g/mol. The van der Waals surface area contributed by atoms with E-state index in [0.717, 1.165) is 22.3 Å². The van der Waals surface area contributed by atoms with Crippen molar-refractivity contribution in [1.29, 1.82) is 0 Å². The predicted molar refractivity (Wildman–Crippen MR) is 116 cm³/mol. The number of benzene rings is 2. The number of carbonyl (C=O) groups is 1. The summed E-state index contributed by atoms with van der Waals surface area (Å²) < 4.78 is 4.90. The SMILES string of the molecule is COC(=O)c1ccc(C)cc1-c1ccc([C@@H](C)Nc2nccc(C)c2[N+](=O)[O-])cc1. The molecular formula is C23H23N3O4. The highest BCUT2D eigenvalue weighted by Crippen LogP contribution is 2.31. The molecule has 0 amide bonds. The van der Waals surface area contributed by atoms with Crippen molar-refractivity contribution in [2.45, 2.75) is 26.8 Å². The minimum Gasteiger partial charge on any atom is -0.465 e. The van der Waals surface area contributed by atoms with Gasteiger partial charge in [-0.15, -0.1) is 0 Å². The highest BCUT2D eigenvalue weighted by Gasteiger charge is 2.20. The van der Waals surface area contributed by atoms with Crippen LogP contribution in [0.3, 0.4) is 0 Å². The van der Waals surface area contributed by atoms with Crippen molar-refractivity contribution in [3.63, 3.8) is 0 Å². The lowest BCUT2D eigenvalue weighted by molar-refractivity contribution is -0.384. The number of hydrogen-bond donors (Lipinski definition) is 1. The maximum absolute atomic E-state index is 12.1. The largest absolute Gasteiger partial charge is 0.465 e. The van der Waals surface area contributed by atoms with Crippen LogP contribution in [-0.2, 0) is 4.74 Å². The fourth-order valence-electron chi connectivity index (χ4n) is 3.31. The van der Waals surface area contributed by atoms with Gasteiger partial charge in [0.2, 0.25) is 5.82 Å². The number of pyridine rings is 1. The van der Waals surface area contributed by atoms with E-state index in [-0.39, 0.29) is 23.5 Å². The molecule has 30 heavy (non-hydrogen) atoms. The molecule has 0 spiro atoms. The second kappa shape index (κ2) is 8.73. The summed E-state index contributed by atoms with van der Waals surface area (Å²) >= 11 is 0. The number of anilines is 1. The van der Waals surface area contributed by atoms with Gasteiger partial charge >= 0.3 is 11.7 Å². The van der Waals surface area contributed by atoms with Crippen molar-refractivity contribution < 1.29 is 14.5 Å². The first kappa shape index (κ1) is 21.0. The van der Waals surface area contributed by atoms with Gasteiger partial charge in [0.15, 0.2) is 0 Å². The zero-order chi connectivity index (χ0) is 21.8. The average molecular weight is 405 g/mol. The topological polar surface area (TPSA) is 94.4 Å². The van der Waals surface area contributed by atoms with Gasteiger partial charge in [0, 0.05) is 11.8 Å². The molecule has 154 valence electrons. The molecule has 7 nitrogen and oxygen atoms in total. The maximum Gasteiger partial charge on any atom is 0.338 e. The molecule has 0 aliphatic rings. The molecule has 0 bridgehead atoms. The number of esters is 1. The second-order valence-electron chi connectivity index (χ2n) is 7.11. The molecule has 2 aromatic carbocycles. The smallest absolute Gasteiger partial charge is 0.338 e. The molecule has 0 unspecified atom stereocenters. The van der Waals surface area contributed by atoms with Crippen molar-refractivity contribution in [2.75, 3.05) is 12.4 Å². The normalized spacial score (nSPS) is 11.6. The molecule has 0 radical (unpaired) electrons. The van der Waals surface area contributed by atoms with Crippen LogP contribution in [0, 0.1) is 24.0 Å². The van der Waals surface area contributed by atoms with E-state index in [1.54, 1.807) is 25.3 Å². The Labute approximate surface area is 174 Å². The van der Waals surface area contributed by atoms with Gasteiger partial charge in [-0.3, -0.25) is 10.1 Å². The molecule has 3 aromatic rings. The van der Waals surface area contributed by atoms with Crippen molar-refractivity contribution in [1.82, 2.24) is 4.98 Å². The summed E-state index contributed by atoms with van der Waals surface area (Å²) in [6, 6.07) is 14.7. The van der Waals surface area contributed by atoms with Crippen molar-refractivity contribution >= 4 is 17.5 Å². The van der Waals surface area contributed by atoms with E-state index in [4.69, 9.17) is 4.74 Å². The van der Waals surface area contributed by atoms with Gasteiger partial charge in [-0.05, 0) is 49.6 Å². The first-order chi connectivity index (χ1) is 14.3. The van der Waals surface area contributed by atoms with Crippen LogP contribution in [-0.4, -0.2) is 23.0 Å². The van der Waals surface area contributed by atoms with Gasteiger partial charge in [-0.2, -0.15) is 0 Å². The molecule has 7 heteroatoms. The first-order valence-corrected chi connectivity index (χ1v) is 9.47. The van der Waals surface area contributed by atoms with Crippen LogP contribution < -0.4 is 5.32 Å². The van der Waals surface area contributed by atoms with E-state index >= 15 is 0 Å². The number of rotatable bonds is 6. The summed E-state index contributed by atoms with van der Waals surface area (Å²) in [7, 11) is 1.36. The number of aryl methyl sites for hydroxylation is 2. The third-order valence-electron chi connectivity index (χ3n) is 4.96. The molecule has 0 saturated heterocycles. The third kappa shape index (κ3) is 4.30. The lowest BCUT2D eigenvalue weighted by Gasteiger charge is -2.16. The molecule has 3 rings (SSSR count). The van der Waals surface area contributed by atoms with E-state index in [0.29, 0.717) is 11.1 Å². The second-order valence-corrected chi connectivity index (χ2v) is 7.11. The highest BCUT2D eigenvalue weighted by molar-refractivity contribution is 5.97. The molecular weight excluding hydrogens is 382 g/mol. The Hall–Kier alpha value is -3.74. The van der Waals surface area contributed by atoms with Gasteiger partial charge in [0.1, 0.15) is 0 Å². The summed E-state index contributed by atoms with van der Waals surface area (Å²) in [5.74, 6) is -0.148. The van der Waals surface area contributed by atoms with Gasteiger partial charge in [-0.1, -0.05) is 42.0 Å². The van der Waals surface area contributed by atoms with Crippen LogP contribution in [0.2, 0.25) is 0 Å². The minimum absolute atomic E-state index is 0.0246. The third-order valence-corrected chi connectivity index (χ3v) is 4.96. The first-order valence-electron chi connectivity index (χ1n) is 9.47. The van der Waals surface area contributed by atoms with Crippen LogP contribution >= 0.6 is 0 Å². The molecule has 0 saturated carbocycles. The Morgan fingerprint density at radius 1 is 1.13 bits per heavy atom. The lowest BCUT2D eigenvalue weighted by Crippen LogP contribution is -2.10. The van der Waals surface area contributed by atoms with Crippen LogP contribution in [0.1, 0.15) is 40.0 Å². The Kier molecular flexibility index (Phi) is 6.11. The maximum atomic E-state index is 12.1. The number of nitrogens with one attached hydrogen (secondary N) is 1. The quantitative estimate of drug-likeness (QED) is 0.343. The number of hydrogen-bond acceptors (Lipinski definition) is 6. The molecule has 1 N–H and O–H groups in total. The Balaban J connectivity index is 1.89. The average Bonchev–Trinajstić information content (AvgIpc) is 2.73. The number of nitrogens with zero attached hydrogens (tertiary/aromatic N) is 2. The summed E-state index contributed by atoms with van der Waals surface area (Å²) in [5.41, 5.74) is 4.68. The lowest BCUT2D eigenvalue weighted by atomic mass is 9.96. The fourth-order valence-corrected chi connectivity index (χ4v) is 3.31. The summed E-state index contributed by atoms with van der Waals surface area (Å²) in [6.45, 7) is 5.56. The standard InChI is InChI=1S/C23H23N3O4/c1-14-5-10-19(23(27)30-4)20(13-14)18-8-6-17(7-9-18)16(3)25-22-21(26(28)29)15(2)11-12-24-22/h5-13,16H,1-4H3,(H,24,25)/t16-/m1/s1. The van der Waals surface area contributed by atoms with E-state index < -0.39 is 4.92 Å². The van der Waals surface area contributed by atoms with E-state index in [1.165, 1.54) is 7.11 Å². The fraction of sp³-hybridized carbons (Fsp3) is 0.217. The van der Waals surface area contributed by atoms with E-state index in [1.807, 2.05) is 50.2 Å². The van der Waals surface area contributed by atoms with Crippen molar-refractivity contribution in [3.05, 3.63) is 87.1 Å². The molecule has 0 aliphatic carbocycles. The van der Waals surface area contributed by atoms with Crippen LogP contribution in [0.4, 0.5) is 11.5 Å². The molecule has 0 aliphatic heterocycles. The summed E-state index contributed by atoms with van der Waals surface area (Å²) in [4.78, 5) is 27.2. The Bertz CT molecular complexity index is 1090. The van der Waals surface area contributed by atoms with Gasteiger partial charge in [-0.25, -0.2) is 9.78 Å². The summed E-state index contributed by atoms with van der Waals surface area (Å²) in [6.07, 6.45) is 1.55. The van der Waals surface area contributed by atoms with Gasteiger partial charge in [0.05, 0.1) is 23.6 Å². The van der Waals surface area contributed by atoms with Gasteiger partial charge < -0.3 is 10.1 Å². The number of methoxy groups -OCH3 is 1. The van der Waals surface area contributed by atoms with Gasteiger partial charge in [0.25, 0.3) is 0 Å². The van der Waals surface area contributed by atoms with Crippen LogP contribution in [0.5, 0.6) is 0 Å². The zero-order valence-electron chi connectivity index (χ0n) is 17.3. The number of nitro groups is 1. The van der Waals surface area contributed by atoms with Crippen LogP contribution in [0.25, 0.3) is 11.1 Å². The number of ether oxygens (including phenoxy) is 1. The Morgan fingerprint density at radius 3 is 2.47 bits per heavy atom. The highest BCUT2D eigenvalue weighted by atomic mass is 16.6. The number of carbonyl (C=O) groups excluding carboxylic acids is 1. The zero-order valence-corrected chi connectivity index (χ0v) is 17.3. The van der Waals surface area contributed by atoms with Crippen molar-refractivity contribution in [3.8, 4) is 11.1 Å². The van der Waals surface area contributed by atoms with Crippen molar-refractivity contribution in [2.24, 2.45) is 0 Å². The molecule has 1 heterocycles. The summed E-state index contributed by atoms with van der Waals surface area (Å²) in [5, 5.41) is 14.5.